The van der Waals surface area contributed by atoms with Crippen LogP contribution in [0.25, 0.3) is 0 Å². The normalized spacial score (nSPS) is 12.4. The van der Waals surface area contributed by atoms with E-state index in [1.807, 2.05) is 0 Å². The van der Waals surface area contributed by atoms with Crippen LogP contribution in [-0.2, 0) is 27.1 Å². The monoisotopic (exact) mass is 491 g/mol. The fraction of sp³-hybridized carbons (Fsp3) is 0.500. The predicted molar refractivity (Wildman–Crippen MR) is 131 cm³/mol. The molecule has 0 fully saturated rings. The number of benzene rings is 1. The first-order valence-corrected chi connectivity index (χ1v) is 11.8. The maximum atomic E-state index is 13.0. The lowest BCUT2D eigenvalue weighted by molar-refractivity contribution is -0.120. The number of anilines is 1. The molecule has 0 aliphatic carbocycles. The van der Waals surface area contributed by atoms with Gasteiger partial charge in [0.15, 0.2) is 10.9 Å². The Bertz CT molecular complexity index is 989. The number of Topliss-reactive ketones (excluding diaryl/α,β-unsaturated/α-hetero) is 1. The number of hydrogen-bond acceptors (Lipinski definition) is 9. The highest BCUT2D eigenvalue weighted by molar-refractivity contribution is 7.13. The molecule has 0 unspecified atom stereocenters. The number of thiazole rings is 1. The van der Waals surface area contributed by atoms with Gasteiger partial charge >= 0.3 is 12.2 Å². The van der Waals surface area contributed by atoms with Gasteiger partial charge in [-0.15, -0.1) is 11.3 Å². The summed E-state index contributed by atoms with van der Waals surface area (Å²) >= 11 is 1.40. The van der Waals surface area contributed by atoms with E-state index < -0.39 is 29.5 Å². The number of alkyl carbamates (subject to hydrolysis) is 1. The third-order valence-corrected chi connectivity index (χ3v) is 5.06. The van der Waals surface area contributed by atoms with Crippen LogP contribution >= 0.6 is 11.3 Å². The summed E-state index contributed by atoms with van der Waals surface area (Å²) in [4.78, 5) is 41.6. The van der Waals surface area contributed by atoms with Crippen LogP contribution in [0.15, 0.2) is 29.6 Å². The summed E-state index contributed by atoms with van der Waals surface area (Å²) in [5.74, 6) is 0.107. The highest BCUT2D eigenvalue weighted by Gasteiger charge is 2.25. The molecule has 2 N–H and O–H groups in total. The number of amides is 1. The molecule has 1 aromatic heterocycles. The largest absolute Gasteiger partial charge is 0.514 e. The van der Waals surface area contributed by atoms with Crippen molar-refractivity contribution in [1.82, 2.24) is 10.3 Å². The Balaban J connectivity index is 2.11. The molecule has 2 rings (SSSR count). The second-order valence-corrected chi connectivity index (χ2v) is 10.5. The first-order valence-electron chi connectivity index (χ1n) is 10.9. The molecule has 1 amide bonds. The molecule has 0 spiro atoms. The van der Waals surface area contributed by atoms with Crippen LogP contribution in [0, 0.1) is 0 Å². The van der Waals surface area contributed by atoms with Crippen molar-refractivity contribution >= 4 is 34.5 Å². The Hall–Kier alpha value is -3.14. The van der Waals surface area contributed by atoms with E-state index in [1.54, 1.807) is 78.2 Å². The molecule has 186 valence electrons. The van der Waals surface area contributed by atoms with Gasteiger partial charge in [-0.05, 0) is 65.7 Å². The van der Waals surface area contributed by atoms with Gasteiger partial charge in [0, 0.05) is 12.4 Å². The fourth-order valence-corrected chi connectivity index (χ4v) is 3.47. The minimum atomic E-state index is -0.827. The van der Waals surface area contributed by atoms with Gasteiger partial charge in [-0.3, -0.25) is 4.79 Å². The Morgan fingerprint density at radius 3 is 2.15 bits per heavy atom. The number of ketones is 1. The van der Waals surface area contributed by atoms with Crippen LogP contribution in [0.2, 0.25) is 0 Å². The molecule has 0 saturated heterocycles. The lowest BCUT2D eigenvalue weighted by atomic mass is 10.00. The van der Waals surface area contributed by atoms with Gasteiger partial charge in [0.1, 0.15) is 17.0 Å². The van der Waals surface area contributed by atoms with Gasteiger partial charge in [-0.25, -0.2) is 14.6 Å². The van der Waals surface area contributed by atoms with Gasteiger partial charge in [-0.1, -0.05) is 12.1 Å². The van der Waals surface area contributed by atoms with Crippen molar-refractivity contribution < 1.29 is 28.6 Å². The van der Waals surface area contributed by atoms with Crippen molar-refractivity contribution in [3.8, 4) is 5.75 Å². The van der Waals surface area contributed by atoms with Crippen molar-refractivity contribution in [3.05, 3.63) is 40.9 Å². The smallest absolute Gasteiger partial charge is 0.444 e. The quantitative estimate of drug-likeness (QED) is 0.402. The molecule has 0 radical (unpaired) electrons. The van der Waals surface area contributed by atoms with Crippen LogP contribution in [0.4, 0.5) is 14.7 Å². The lowest BCUT2D eigenvalue weighted by Crippen LogP contribution is -2.45. The summed E-state index contributed by atoms with van der Waals surface area (Å²) in [6.07, 6.45) is -1.18. The summed E-state index contributed by atoms with van der Waals surface area (Å²) in [5, 5.41) is 8.13. The van der Waals surface area contributed by atoms with E-state index in [4.69, 9.17) is 14.2 Å². The number of nitrogens with one attached hydrogen (secondary N) is 2. The number of rotatable bonds is 8. The van der Waals surface area contributed by atoms with E-state index in [0.717, 1.165) is 5.56 Å². The molecule has 0 bridgehead atoms. The second kappa shape index (κ2) is 11.3. The highest BCUT2D eigenvalue weighted by Crippen LogP contribution is 2.19. The minimum Gasteiger partial charge on any atom is -0.444 e. The number of aromatic nitrogens is 1. The van der Waals surface area contributed by atoms with Gasteiger partial charge in [0.25, 0.3) is 0 Å². The van der Waals surface area contributed by atoms with Crippen LogP contribution in [0.3, 0.4) is 0 Å². The van der Waals surface area contributed by atoms with Crippen LogP contribution < -0.4 is 15.4 Å². The summed E-state index contributed by atoms with van der Waals surface area (Å²) in [7, 11) is 1.76. The van der Waals surface area contributed by atoms with Crippen molar-refractivity contribution in [2.24, 2.45) is 0 Å². The summed E-state index contributed by atoms with van der Waals surface area (Å²) in [6, 6.07) is 5.83. The molecular weight excluding hydrogens is 458 g/mol. The summed E-state index contributed by atoms with van der Waals surface area (Å²) < 4.78 is 15.7. The molecule has 0 saturated carbocycles. The van der Waals surface area contributed by atoms with Crippen molar-refractivity contribution in [1.29, 1.82) is 0 Å². The molecule has 1 atom stereocenters. The Morgan fingerprint density at radius 2 is 1.62 bits per heavy atom. The number of ether oxygens (including phenoxy) is 3. The molecule has 0 aliphatic heterocycles. The Labute approximate surface area is 204 Å². The molecule has 1 aromatic carbocycles. The molecule has 1 heterocycles. The SMILES string of the molecule is CNc1nc(CC(=O)[C@H](Cc2ccc(OC(=O)OC(C)(C)C)cc2)NC(=O)OC(C)(C)C)cs1. The average molecular weight is 492 g/mol. The molecule has 0 aliphatic rings. The maximum Gasteiger partial charge on any atom is 0.514 e. The van der Waals surface area contributed by atoms with Gasteiger partial charge in [0.05, 0.1) is 18.2 Å². The van der Waals surface area contributed by atoms with Crippen molar-refractivity contribution in [2.75, 3.05) is 12.4 Å². The van der Waals surface area contributed by atoms with Gasteiger partial charge in [-0.2, -0.15) is 0 Å². The summed E-state index contributed by atoms with van der Waals surface area (Å²) in [6.45, 7) is 10.5. The standard InChI is InChI=1S/C24H33N3O6S/c1-23(2,3)32-21(29)27-18(19(28)13-16-14-34-20(25-7)26-16)12-15-8-10-17(11-9-15)31-22(30)33-24(4,5)6/h8-11,14,18H,12-13H2,1-7H3,(H,25,26)(H,27,29)/t18-/m0/s1. The zero-order valence-electron chi connectivity index (χ0n) is 20.7. The number of hydrogen-bond donors (Lipinski definition) is 2. The van der Waals surface area contributed by atoms with E-state index in [2.05, 4.69) is 15.6 Å². The van der Waals surface area contributed by atoms with Gasteiger partial charge in [0.2, 0.25) is 0 Å². The van der Waals surface area contributed by atoms with Crippen molar-refractivity contribution in [2.45, 2.75) is 71.6 Å². The Morgan fingerprint density at radius 1 is 1.00 bits per heavy atom. The molecule has 10 heteroatoms. The summed E-state index contributed by atoms with van der Waals surface area (Å²) in [5.41, 5.74) is 0.0228. The topological polar surface area (TPSA) is 116 Å². The predicted octanol–water partition coefficient (Wildman–Crippen LogP) is 4.75. The third kappa shape index (κ3) is 9.78. The first kappa shape index (κ1) is 27.1. The van der Waals surface area contributed by atoms with E-state index in [1.165, 1.54) is 11.3 Å². The number of carbonyl (C=O) groups is 3. The number of nitrogens with zero attached hydrogens (tertiary/aromatic N) is 1. The van der Waals surface area contributed by atoms with Crippen LogP contribution in [0.5, 0.6) is 5.75 Å². The molecule has 34 heavy (non-hydrogen) atoms. The van der Waals surface area contributed by atoms with E-state index in [0.29, 0.717) is 16.6 Å². The van der Waals surface area contributed by atoms with Gasteiger partial charge < -0.3 is 24.8 Å². The molecule has 9 nitrogen and oxygen atoms in total. The molecule has 2 aromatic rings. The average Bonchev–Trinajstić information content (AvgIpc) is 3.13. The zero-order valence-corrected chi connectivity index (χ0v) is 21.5. The molecular formula is C24H33N3O6S. The lowest BCUT2D eigenvalue weighted by Gasteiger charge is -2.23. The van der Waals surface area contributed by atoms with Crippen LogP contribution in [-0.4, -0.2) is 47.3 Å². The maximum absolute atomic E-state index is 13.0. The highest BCUT2D eigenvalue weighted by atomic mass is 32.1. The Kier molecular flexibility index (Phi) is 9.03. The second-order valence-electron chi connectivity index (χ2n) is 9.65. The van der Waals surface area contributed by atoms with Crippen molar-refractivity contribution in [3.63, 3.8) is 0 Å². The number of carbonyl (C=O) groups excluding carboxylic acids is 3. The third-order valence-electron chi connectivity index (χ3n) is 4.15. The van der Waals surface area contributed by atoms with E-state index >= 15 is 0 Å². The first-order chi connectivity index (χ1) is 15.7. The van der Waals surface area contributed by atoms with E-state index in [-0.39, 0.29) is 18.6 Å². The van der Waals surface area contributed by atoms with Crippen LogP contribution in [0.1, 0.15) is 52.8 Å². The zero-order chi connectivity index (χ0) is 25.5. The van der Waals surface area contributed by atoms with E-state index in [9.17, 15) is 14.4 Å². The minimum absolute atomic E-state index is 0.0679. The fourth-order valence-electron chi connectivity index (χ4n) is 2.80.